The van der Waals surface area contributed by atoms with Crippen molar-refractivity contribution in [3.8, 4) is 5.75 Å². The Morgan fingerprint density at radius 3 is 2.74 bits per heavy atom. The molecular formula is C23H35NO3. The Bertz CT molecular complexity index is 684. The standard InChI is InChI=1S/C23H35NO3/c1-5-6-7-8-9-17-10-12-19-20(14-17)27-22(3,4)21-13-11-18(24-16(2)25)15-23(19,21)26/h10,12,14,18,21,26H,5-9,11,13,15H2,1-4H3,(H,24,25)/t18?,21-,23-/m1/s1. The molecule has 1 unspecified atom stereocenters. The Balaban J connectivity index is 1.86. The van der Waals surface area contributed by atoms with Gasteiger partial charge in [0.25, 0.3) is 0 Å². The summed E-state index contributed by atoms with van der Waals surface area (Å²) in [4.78, 5) is 11.5. The zero-order valence-corrected chi connectivity index (χ0v) is 17.3. The van der Waals surface area contributed by atoms with Crippen LogP contribution in [0.2, 0.25) is 0 Å². The van der Waals surface area contributed by atoms with Gasteiger partial charge in [0.1, 0.15) is 17.0 Å². The molecule has 2 aliphatic rings. The predicted octanol–water partition coefficient (Wildman–Crippen LogP) is 4.47. The van der Waals surface area contributed by atoms with Crippen LogP contribution in [0.25, 0.3) is 0 Å². The van der Waals surface area contributed by atoms with Gasteiger partial charge in [-0.15, -0.1) is 0 Å². The van der Waals surface area contributed by atoms with Gasteiger partial charge >= 0.3 is 0 Å². The number of unbranched alkanes of at least 4 members (excludes halogenated alkanes) is 3. The van der Waals surface area contributed by atoms with Gasteiger partial charge in [-0.3, -0.25) is 4.79 Å². The fraction of sp³-hybridized carbons (Fsp3) is 0.696. The van der Waals surface area contributed by atoms with Crippen LogP contribution in [0.1, 0.15) is 83.8 Å². The van der Waals surface area contributed by atoms with Gasteiger partial charge in [0.05, 0.1) is 0 Å². The first-order chi connectivity index (χ1) is 12.8. The van der Waals surface area contributed by atoms with Crippen LogP contribution in [-0.4, -0.2) is 22.7 Å². The van der Waals surface area contributed by atoms with Crippen molar-refractivity contribution in [2.45, 2.75) is 96.3 Å². The molecule has 1 aromatic rings. The number of nitrogens with one attached hydrogen (secondary N) is 1. The first-order valence-corrected chi connectivity index (χ1v) is 10.6. The second-order valence-corrected chi connectivity index (χ2v) is 9.00. The zero-order chi connectivity index (χ0) is 19.7. The molecular weight excluding hydrogens is 338 g/mol. The third-order valence-corrected chi connectivity index (χ3v) is 6.39. The van der Waals surface area contributed by atoms with Crippen LogP contribution in [0.5, 0.6) is 5.75 Å². The molecule has 1 fully saturated rings. The van der Waals surface area contributed by atoms with Crippen molar-refractivity contribution in [1.82, 2.24) is 5.32 Å². The Kier molecular flexibility index (Phi) is 5.85. The minimum atomic E-state index is -0.955. The highest BCUT2D eigenvalue weighted by Crippen LogP contribution is 2.54. The fourth-order valence-corrected chi connectivity index (χ4v) is 5.13. The van der Waals surface area contributed by atoms with Crippen LogP contribution >= 0.6 is 0 Å². The molecule has 2 N–H and O–H groups in total. The van der Waals surface area contributed by atoms with E-state index in [0.717, 1.165) is 30.6 Å². The summed E-state index contributed by atoms with van der Waals surface area (Å²) in [5.41, 5.74) is 0.781. The number of benzene rings is 1. The molecule has 0 aromatic heterocycles. The van der Waals surface area contributed by atoms with E-state index in [-0.39, 0.29) is 17.9 Å². The number of aliphatic hydroxyl groups is 1. The molecule has 1 amide bonds. The second kappa shape index (κ2) is 7.83. The summed E-state index contributed by atoms with van der Waals surface area (Å²) in [6.45, 7) is 7.93. The lowest BCUT2D eigenvalue weighted by atomic mass is 9.62. The molecule has 3 rings (SSSR count). The van der Waals surface area contributed by atoms with E-state index in [9.17, 15) is 9.90 Å². The van der Waals surface area contributed by atoms with Gasteiger partial charge in [-0.2, -0.15) is 0 Å². The van der Waals surface area contributed by atoms with Gasteiger partial charge in [-0.25, -0.2) is 0 Å². The lowest BCUT2D eigenvalue weighted by Gasteiger charge is -2.54. The van der Waals surface area contributed by atoms with Gasteiger partial charge in [-0.05, 0) is 51.2 Å². The molecule has 1 aliphatic heterocycles. The molecule has 150 valence electrons. The number of hydrogen-bond donors (Lipinski definition) is 2. The maximum absolute atomic E-state index is 11.8. The van der Waals surface area contributed by atoms with E-state index in [2.05, 4.69) is 44.3 Å². The molecule has 1 aliphatic carbocycles. The number of hydrogen-bond acceptors (Lipinski definition) is 3. The van der Waals surface area contributed by atoms with E-state index >= 15 is 0 Å². The van der Waals surface area contributed by atoms with Gasteiger partial charge < -0.3 is 15.2 Å². The Morgan fingerprint density at radius 1 is 1.26 bits per heavy atom. The Hall–Kier alpha value is -1.55. The monoisotopic (exact) mass is 373 g/mol. The SMILES string of the molecule is CCCCCCc1ccc2c(c1)OC(C)(C)[C@H]1CCC(NC(C)=O)C[C@@]21O. The van der Waals surface area contributed by atoms with Gasteiger partial charge in [0.2, 0.25) is 5.91 Å². The molecule has 1 saturated carbocycles. The molecule has 1 heterocycles. The second-order valence-electron chi connectivity index (χ2n) is 9.00. The third-order valence-electron chi connectivity index (χ3n) is 6.39. The van der Waals surface area contributed by atoms with E-state index in [1.54, 1.807) is 6.92 Å². The first-order valence-electron chi connectivity index (χ1n) is 10.6. The van der Waals surface area contributed by atoms with E-state index in [4.69, 9.17) is 4.74 Å². The maximum Gasteiger partial charge on any atom is 0.217 e. The summed E-state index contributed by atoms with van der Waals surface area (Å²) in [5.74, 6) is 0.809. The molecule has 3 atom stereocenters. The number of rotatable bonds is 6. The van der Waals surface area contributed by atoms with Crippen molar-refractivity contribution in [2.75, 3.05) is 0 Å². The van der Waals surface area contributed by atoms with E-state index in [1.807, 2.05) is 0 Å². The summed E-state index contributed by atoms with van der Waals surface area (Å²) in [7, 11) is 0. The zero-order valence-electron chi connectivity index (χ0n) is 17.3. The van der Waals surface area contributed by atoms with Gasteiger partial charge in [0.15, 0.2) is 0 Å². The third kappa shape index (κ3) is 4.16. The van der Waals surface area contributed by atoms with Crippen molar-refractivity contribution in [2.24, 2.45) is 5.92 Å². The largest absolute Gasteiger partial charge is 0.487 e. The topological polar surface area (TPSA) is 58.6 Å². The van der Waals surface area contributed by atoms with Crippen molar-refractivity contribution in [3.63, 3.8) is 0 Å². The van der Waals surface area contributed by atoms with Crippen molar-refractivity contribution < 1.29 is 14.6 Å². The van der Waals surface area contributed by atoms with Crippen molar-refractivity contribution in [3.05, 3.63) is 29.3 Å². The average molecular weight is 374 g/mol. The molecule has 1 aromatic carbocycles. The number of carbonyl (C=O) groups is 1. The van der Waals surface area contributed by atoms with Crippen LogP contribution in [0, 0.1) is 5.92 Å². The average Bonchev–Trinajstić information content (AvgIpc) is 2.57. The lowest BCUT2D eigenvalue weighted by molar-refractivity contribution is -0.153. The number of ether oxygens (including phenoxy) is 1. The van der Waals surface area contributed by atoms with E-state index in [1.165, 1.54) is 31.2 Å². The fourth-order valence-electron chi connectivity index (χ4n) is 5.13. The number of carbonyl (C=O) groups excluding carboxylic acids is 1. The molecule has 4 nitrogen and oxygen atoms in total. The minimum absolute atomic E-state index is 0.0132. The Morgan fingerprint density at radius 2 is 2.04 bits per heavy atom. The summed E-state index contributed by atoms with van der Waals surface area (Å²) < 4.78 is 6.39. The van der Waals surface area contributed by atoms with Gasteiger partial charge in [-0.1, -0.05) is 38.3 Å². The maximum atomic E-state index is 11.8. The summed E-state index contributed by atoms with van der Waals surface area (Å²) in [5, 5.41) is 14.8. The number of amides is 1. The van der Waals surface area contributed by atoms with Crippen LogP contribution in [-0.2, 0) is 16.8 Å². The van der Waals surface area contributed by atoms with Crippen molar-refractivity contribution in [1.29, 1.82) is 0 Å². The molecule has 27 heavy (non-hydrogen) atoms. The van der Waals surface area contributed by atoms with Crippen LogP contribution in [0.3, 0.4) is 0 Å². The van der Waals surface area contributed by atoms with Crippen molar-refractivity contribution >= 4 is 5.91 Å². The minimum Gasteiger partial charge on any atom is -0.487 e. The lowest BCUT2D eigenvalue weighted by Crippen LogP contribution is -2.59. The van der Waals surface area contributed by atoms with Gasteiger partial charge in [0, 0.05) is 30.9 Å². The summed E-state index contributed by atoms with van der Waals surface area (Å²) >= 11 is 0. The van der Waals surface area contributed by atoms with E-state index < -0.39 is 11.2 Å². The first kappa shape index (κ1) is 20.2. The highest BCUT2D eigenvalue weighted by molar-refractivity contribution is 5.73. The molecule has 4 heteroatoms. The predicted molar refractivity (Wildman–Crippen MR) is 108 cm³/mol. The quantitative estimate of drug-likeness (QED) is 0.723. The van der Waals surface area contributed by atoms with Crippen LogP contribution < -0.4 is 10.1 Å². The summed E-state index contributed by atoms with van der Waals surface area (Å²) in [6, 6.07) is 6.34. The van der Waals surface area contributed by atoms with Crippen LogP contribution in [0.15, 0.2) is 18.2 Å². The highest BCUT2D eigenvalue weighted by Gasteiger charge is 2.55. The van der Waals surface area contributed by atoms with Crippen LogP contribution in [0.4, 0.5) is 0 Å². The molecule has 0 radical (unpaired) electrons. The Labute approximate surface area is 163 Å². The molecule has 0 spiro atoms. The number of aryl methyl sites for hydroxylation is 1. The normalized spacial score (nSPS) is 28.6. The van der Waals surface area contributed by atoms with E-state index in [0.29, 0.717) is 6.42 Å². The molecule has 0 bridgehead atoms. The molecule has 0 saturated heterocycles. The summed E-state index contributed by atoms with van der Waals surface area (Å²) in [6.07, 6.45) is 8.28. The highest BCUT2D eigenvalue weighted by atomic mass is 16.5. The smallest absolute Gasteiger partial charge is 0.217 e. The number of fused-ring (bicyclic) bond motifs is 3.